The van der Waals surface area contributed by atoms with Crippen LogP contribution in [0.2, 0.25) is 0 Å². The highest BCUT2D eigenvalue weighted by Gasteiger charge is 2.21. The van der Waals surface area contributed by atoms with E-state index >= 15 is 0 Å². The van der Waals surface area contributed by atoms with E-state index in [2.05, 4.69) is 18.0 Å². The first kappa shape index (κ1) is 13.9. The zero-order valence-electron chi connectivity index (χ0n) is 12.3. The quantitative estimate of drug-likeness (QED) is 0.917. The fraction of sp³-hybridized carbons (Fsp3) is 0.647. The minimum Gasteiger partial charge on any atom is -0.494 e. The predicted molar refractivity (Wildman–Crippen MR) is 80.1 cm³/mol. The number of aryl methyl sites for hydroxylation is 1. The van der Waals surface area contributed by atoms with Gasteiger partial charge in [0.2, 0.25) is 0 Å². The Morgan fingerprint density at radius 3 is 3.05 bits per heavy atom. The van der Waals surface area contributed by atoms with E-state index < -0.39 is 0 Å². The third kappa shape index (κ3) is 2.99. The van der Waals surface area contributed by atoms with Gasteiger partial charge in [0.1, 0.15) is 5.75 Å². The van der Waals surface area contributed by atoms with E-state index in [0.29, 0.717) is 6.04 Å². The molecule has 0 saturated carbocycles. The van der Waals surface area contributed by atoms with Gasteiger partial charge in [-0.3, -0.25) is 0 Å². The number of aliphatic hydroxyl groups excluding tert-OH is 1. The van der Waals surface area contributed by atoms with Crippen molar-refractivity contribution in [1.29, 1.82) is 0 Å². The average Bonchev–Trinajstić information content (AvgIpc) is 2.82. The second-order valence-corrected chi connectivity index (χ2v) is 6.18. The van der Waals surface area contributed by atoms with Gasteiger partial charge in [-0.2, -0.15) is 0 Å². The molecule has 20 heavy (non-hydrogen) atoms. The Kier molecular flexibility index (Phi) is 4.27. The van der Waals surface area contributed by atoms with Gasteiger partial charge in [-0.15, -0.1) is 0 Å². The van der Waals surface area contributed by atoms with Gasteiger partial charge >= 0.3 is 0 Å². The number of benzene rings is 1. The third-order valence-electron chi connectivity index (χ3n) is 4.80. The second kappa shape index (κ2) is 6.15. The summed E-state index contributed by atoms with van der Waals surface area (Å²) >= 11 is 0. The van der Waals surface area contributed by atoms with Crippen molar-refractivity contribution in [2.45, 2.75) is 50.7 Å². The molecule has 3 heteroatoms. The number of hydrogen-bond donors (Lipinski definition) is 1. The summed E-state index contributed by atoms with van der Waals surface area (Å²) in [6.07, 6.45) is 6.65. The summed E-state index contributed by atoms with van der Waals surface area (Å²) in [5, 5.41) is 9.80. The van der Waals surface area contributed by atoms with Crippen molar-refractivity contribution in [3.8, 4) is 5.75 Å². The highest BCUT2D eigenvalue weighted by Crippen LogP contribution is 2.33. The van der Waals surface area contributed by atoms with Crippen LogP contribution >= 0.6 is 0 Å². The molecule has 3 rings (SSSR count). The summed E-state index contributed by atoms with van der Waals surface area (Å²) in [5.41, 5.74) is 2.34. The molecule has 1 aromatic rings. The van der Waals surface area contributed by atoms with Gasteiger partial charge in [-0.25, -0.2) is 0 Å². The van der Waals surface area contributed by atoms with Crippen molar-refractivity contribution in [2.24, 2.45) is 0 Å². The van der Waals surface area contributed by atoms with Crippen LogP contribution < -0.4 is 4.74 Å². The third-order valence-corrected chi connectivity index (χ3v) is 4.80. The minimum atomic E-state index is -0.269. The van der Waals surface area contributed by atoms with Crippen molar-refractivity contribution in [3.63, 3.8) is 0 Å². The zero-order valence-corrected chi connectivity index (χ0v) is 12.3. The monoisotopic (exact) mass is 275 g/mol. The van der Waals surface area contributed by atoms with E-state index in [9.17, 15) is 5.11 Å². The van der Waals surface area contributed by atoms with Crippen molar-refractivity contribution in [1.82, 2.24) is 4.90 Å². The number of aliphatic hydroxyl groups is 1. The molecule has 1 aliphatic carbocycles. The molecule has 110 valence electrons. The van der Waals surface area contributed by atoms with Crippen LogP contribution in [0.4, 0.5) is 0 Å². The molecule has 1 N–H and O–H groups in total. The standard InChI is InChI=1S/C17H25NO2/c1-18-10-3-2-4-14(18)9-11-20-15-6-7-16-13(12-15)5-8-17(16)19/h6-7,12,14,17,19H,2-5,8-11H2,1H3/t14?,17-/m0/s1. The number of piperidine rings is 1. The summed E-state index contributed by atoms with van der Waals surface area (Å²) in [6, 6.07) is 6.81. The van der Waals surface area contributed by atoms with Gasteiger partial charge in [-0.05, 0) is 69.0 Å². The Balaban J connectivity index is 1.51. The van der Waals surface area contributed by atoms with Gasteiger partial charge in [0.25, 0.3) is 0 Å². The van der Waals surface area contributed by atoms with Gasteiger partial charge < -0.3 is 14.7 Å². The minimum absolute atomic E-state index is 0.269. The Morgan fingerprint density at radius 1 is 1.30 bits per heavy atom. The van der Waals surface area contributed by atoms with Crippen molar-refractivity contribution in [2.75, 3.05) is 20.2 Å². The molecule has 0 spiro atoms. The summed E-state index contributed by atoms with van der Waals surface area (Å²) in [4.78, 5) is 2.46. The van der Waals surface area contributed by atoms with Gasteiger partial charge in [0.15, 0.2) is 0 Å². The molecule has 1 saturated heterocycles. The molecule has 1 aliphatic heterocycles. The Labute approximate surface area is 121 Å². The van der Waals surface area contributed by atoms with E-state index in [4.69, 9.17) is 4.74 Å². The number of rotatable bonds is 4. The fourth-order valence-corrected chi connectivity index (χ4v) is 3.48. The number of fused-ring (bicyclic) bond motifs is 1. The van der Waals surface area contributed by atoms with Gasteiger partial charge in [0.05, 0.1) is 12.7 Å². The van der Waals surface area contributed by atoms with Crippen LogP contribution in [0.5, 0.6) is 5.75 Å². The maximum absolute atomic E-state index is 9.80. The lowest BCUT2D eigenvalue weighted by molar-refractivity contribution is 0.153. The van der Waals surface area contributed by atoms with E-state index in [0.717, 1.165) is 37.2 Å². The molecule has 1 aromatic carbocycles. The number of likely N-dealkylation sites (tertiary alicyclic amines) is 1. The van der Waals surface area contributed by atoms with Crippen molar-refractivity contribution >= 4 is 0 Å². The lowest BCUT2D eigenvalue weighted by Crippen LogP contribution is -2.37. The first-order valence-electron chi connectivity index (χ1n) is 7.88. The van der Waals surface area contributed by atoms with Crippen molar-refractivity contribution in [3.05, 3.63) is 29.3 Å². The second-order valence-electron chi connectivity index (χ2n) is 6.18. The molecule has 0 amide bonds. The Hall–Kier alpha value is -1.06. The lowest BCUT2D eigenvalue weighted by Gasteiger charge is -2.32. The van der Waals surface area contributed by atoms with Gasteiger partial charge in [-0.1, -0.05) is 12.5 Å². The molecule has 2 atom stereocenters. The van der Waals surface area contributed by atoms with Crippen LogP contribution in [0.15, 0.2) is 18.2 Å². The molecule has 1 unspecified atom stereocenters. The van der Waals surface area contributed by atoms with Crippen LogP contribution in [0.3, 0.4) is 0 Å². The Bertz CT molecular complexity index is 460. The summed E-state index contributed by atoms with van der Waals surface area (Å²) < 4.78 is 5.91. The number of hydrogen-bond acceptors (Lipinski definition) is 3. The van der Waals surface area contributed by atoms with E-state index in [-0.39, 0.29) is 6.10 Å². The largest absolute Gasteiger partial charge is 0.494 e. The molecule has 1 heterocycles. The van der Waals surface area contributed by atoms with E-state index in [1.54, 1.807) is 0 Å². The first-order chi connectivity index (χ1) is 9.74. The molecular weight excluding hydrogens is 250 g/mol. The maximum atomic E-state index is 9.80. The van der Waals surface area contributed by atoms with Crippen LogP contribution in [0.25, 0.3) is 0 Å². The fourth-order valence-electron chi connectivity index (χ4n) is 3.48. The normalized spacial score (nSPS) is 26.5. The van der Waals surface area contributed by atoms with Crippen LogP contribution in [-0.2, 0) is 6.42 Å². The van der Waals surface area contributed by atoms with Crippen LogP contribution in [0.1, 0.15) is 49.3 Å². The van der Waals surface area contributed by atoms with E-state index in [1.165, 1.54) is 31.4 Å². The van der Waals surface area contributed by atoms with E-state index in [1.807, 2.05) is 12.1 Å². The molecule has 0 radical (unpaired) electrons. The molecule has 1 fully saturated rings. The predicted octanol–water partition coefficient (Wildman–Crippen LogP) is 2.92. The summed E-state index contributed by atoms with van der Waals surface area (Å²) in [7, 11) is 2.22. The molecule has 2 aliphatic rings. The van der Waals surface area contributed by atoms with Gasteiger partial charge in [0, 0.05) is 6.04 Å². The van der Waals surface area contributed by atoms with Crippen LogP contribution in [-0.4, -0.2) is 36.2 Å². The SMILES string of the molecule is CN1CCCCC1CCOc1ccc2c(c1)CC[C@@H]2O. The first-order valence-corrected chi connectivity index (χ1v) is 7.88. The molecule has 3 nitrogen and oxygen atoms in total. The number of ether oxygens (including phenoxy) is 1. The highest BCUT2D eigenvalue weighted by atomic mass is 16.5. The van der Waals surface area contributed by atoms with Crippen LogP contribution in [0, 0.1) is 0 Å². The number of nitrogens with zero attached hydrogens (tertiary/aromatic N) is 1. The Morgan fingerprint density at radius 2 is 2.20 bits per heavy atom. The lowest BCUT2D eigenvalue weighted by atomic mass is 10.0. The smallest absolute Gasteiger partial charge is 0.119 e. The maximum Gasteiger partial charge on any atom is 0.119 e. The summed E-state index contributed by atoms with van der Waals surface area (Å²) in [6.45, 7) is 2.01. The van der Waals surface area contributed by atoms with Crippen molar-refractivity contribution < 1.29 is 9.84 Å². The zero-order chi connectivity index (χ0) is 13.9. The molecule has 0 aromatic heterocycles. The topological polar surface area (TPSA) is 32.7 Å². The summed E-state index contributed by atoms with van der Waals surface area (Å²) in [5.74, 6) is 0.955. The highest BCUT2D eigenvalue weighted by molar-refractivity contribution is 5.39. The molecular formula is C17H25NO2. The molecule has 0 bridgehead atoms. The average molecular weight is 275 g/mol.